The van der Waals surface area contributed by atoms with Crippen molar-refractivity contribution in [1.82, 2.24) is 4.90 Å². The molecule has 0 aliphatic rings. The van der Waals surface area contributed by atoms with E-state index >= 15 is 0 Å². The van der Waals surface area contributed by atoms with Crippen LogP contribution in [0.5, 0.6) is 0 Å². The molecular weight excluding hydrogens is 181 g/mol. The Hall–Kier alpha value is -1.89. The average Bonchev–Trinajstić information content (AvgIpc) is 2.15. The fourth-order valence-electron chi connectivity index (χ4n) is 0.888. The fraction of sp³-hybridized carbons (Fsp3) is 0.200. The van der Waals surface area contributed by atoms with Crippen LogP contribution in [0.15, 0.2) is 23.2 Å². The molecule has 0 aliphatic carbocycles. The van der Waals surface area contributed by atoms with Crippen molar-refractivity contribution >= 4 is 12.0 Å². The van der Waals surface area contributed by atoms with Crippen LogP contribution in [0.25, 0.3) is 0 Å². The number of nitriles is 1. The Kier molecular flexibility index (Phi) is 3.19. The molecule has 1 aromatic rings. The Morgan fingerprint density at radius 1 is 1.50 bits per heavy atom. The Balaban J connectivity index is 3.04. The van der Waals surface area contributed by atoms with Crippen molar-refractivity contribution in [2.75, 3.05) is 14.1 Å². The van der Waals surface area contributed by atoms with Gasteiger partial charge in [-0.3, -0.25) is 0 Å². The van der Waals surface area contributed by atoms with Gasteiger partial charge >= 0.3 is 0 Å². The zero-order chi connectivity index (χ0) is 10.6. The molecule has 14 heavy (non-hydrogen) atoms. The Labute approximate surface area is 82.1 Å². The monoisotopic (exact) mass is 191 g/mol. The summed E-state index contributed by atoms with van der Waals surface area (Å²) < 4.78 is 12.7. The van der Waals surface area contributed by atoms with Crippen LogP contribution in [0.3, 0.4) is 0 Å². The molecule has 0 heterocycles. The van der Waals surface area contributed by atoms with E-state index in [0.717, 1.165) is 0 Å². The second-order valence-corrected chi connectivity index (χ2v) is 2.98. The van der Waals surface area contributed by atoms with Crippen LogP contribution >= 0.6 is 0 Å². The minimum atomic E-state index is -0.426. The van der Waals surface area contributed by atoms with Gasteiger partial charge in [-0.2, -0.15) is 5.26 Å². The largest absolute Gasteiger partial charge is 0.369 e. The molecule has 1 rings (SSSR count). The lowest BCUT2D eigenvalue weighted by Gasteiger charge is -2.03. The van der Waals surface area contributed by atoms with Crippen molar-refractivity contribution in [2.24, 2.45) is 4.99 Å². The van der Waals surface area contributed by atoms with Crippen molar-refractivity contribution in [3.63, 3.8) is 0 Å². The molecule has 0 saturated carbocycles. The first-order valence-corrected chi connectivity index (χ1v) is 4.04. The summed E-state index contributed by atoms with van der Waals surface area (Å²) in [5.74, 6) is -0.426. The maximum atomic E-state index is 12.7. The highest BCUT2D eigenvalue weighted by molar-refractivity contribution is 5.64. The Bertz CT molecular complexity index is 391. The number of hydrogen-bond donors (Lipinski definition) is 0. The highest BCUT2D eigenvalue weighted by atomic mass is 19.1. The lowest BCUT2D eigenvalue weighted by molar-refractivity contribution is 0.627. The van der Waals surface area contributed by atoms with Gasteiger partial charge in [-0.05, 0) is 18.2 Å². The van der Waals surface area contributed by atoms with Gasteiger partial charge in [-0.25, -0.2) is 9.38 Å². The van der Waals surface area contributed by atoms with E-state index in [2.05, 4.69) is 4.99 Å². The smallest absolute Gasteiger partial charge is 0.124 e. The lowest BCUT2D eigenvalue weighted by Crippen LogP contribution is -2.07. The second kappa shape index (κ2) is 4.38. The maximum absolute atomic E-state index is 12.7. The van der Waals surface area contributed by atoms with E-state index in [1.165, 1.54) is 18.2 Å². The van der Waals surface area contributed by atoms with Gasteiger partial charge in [0.2, 0.25) is 0 Å². The van der Waals surface area contributed by atoms with Crippen molar-refractivity contribution < 1.29 is 4.39 Å². The first-order chi connectivity index (χ1) is 6.63. The van der Waals surface area contributed by atoms with Crippen LogP contribution in [0.4, 0.5) is 10.1 Å². The van der Waals surface area contributed by atoms with Crippen molar-refractivity contribution in [1.29, 1.82) is 5.26 Å². The molecule has 4 heteroatoms. The molecule has 0 unspecified atom stereocenters. The van der Waals surface area contributed by atoms with Gasteiger partial charge < -0.3 is 4.90 Å². The third-order valence-corrected chi connectivity index (χ3v) is 1.51. The molecule has 72 valence electrons. The minimum Gasteiger partial charge on any atom is -0.369 e. The van der Waals surface area contributed by atoms with Gasteiger partial charge in [0.1, 0.15) is 11.9 Å². The molecule has 0 spiro atoms. The van der Waals surface area contributed by atoms with Crippen LogP contribution in [-0.4, -0.2) is 25.3 Å². The topological polar surface area (TPSA) is 39.4 Å². The van der Waals surface area contributed by atoms with Crippen molar-refractivity contribution in [3.05, 3.63) is 29.6 Å². The number of aliphatic imine (C=N–C) groups is 1. The highest BCUT2D eigenvalue weighted by Crippen LogP contribution is 2.18. The van der Waals surface area contributed by atoms with Crippen molar-refractivity contribution in [2.45, 2.75) is 0 Å². The van der Waals surface area contributed by atoms with Gasteiger partial charge in [-0.1, -0.05) is 0 Å². The highest BCUT2D eigenvalue weighted by Gasteiger charge is 2.01. The molecule has 3 nitrogen and oxygen atoms in total. The molecule has 1 aromatic carbocycles. The third-order valence-electron chi connectivity index (χ3n) is 1.51. The minimum absolute atomic E-state index is 0.239. The predicted octanol–water partition coefficient (Wildman–Crippen LogP) is 1.92. The number of hydrogen-bond acceptors (Lipinski definition) is 2. The summed E-state index contributed by atoms with van der Waals surface area (Å²) in [5.41, 5.74) is 0.714. The molecular formula is C10H10FN3. The summed E-state index contributed by atoms with van der Waals surface area (Å²) in [6, 6.07) is 5.82. The van der Waals surface area contributed by atoms with Crippen LogP contribution in [0.2, 0.25) is 0 Å². The average molecular weight is 191 g/mol. The van der Waals surface area contributed by atoms with E-state index in [1.807, 2.05) is 20.2 Å². The van der Waals surface area contributed by atoms with Gasteiger partial charge in [-0.15, -0.1) is 0 Å². The molecule has 0 fully saturated rings. The first kappa shape index (κ1) is 10.2. The summed E-state index contributed by atoms with van der Waals surface area (Å²) in [6.45, 7) is 0. The lowest BCUT2D eigenvalue weighted by atomic mass is 10.2. The molecule has 0 amide bonds. The van der Waals surface area contributed by atoms with E-state index in [1.54, 1.807) is 11.2 Å². The molecule has 0 aromatic heterocycles. The standard InChI is InChI=1S/C10H10FN3/c1-14(2)7-13-10-4-3-9(11)5-8(10)6-12/h3-5,7H,1-2H3. The first-order valence-electron chi connectivity index (χ1n) is 4.04. The molecule has 0 aliphatic heterocycles. The SMILES string of the molecule is CN(C)C=Nc1ccc(F)cc1C#N. The van der Waals surface area contributed by atoms with E-state index in [-0.39, 0.29) is 5.56 Å². The van der Waals surface area contributed by atoms with Gasteiger partial charge in [0, 0.05) is 14.1 Å². The number of halogens is 1. The Morgan fingerprint density at radius 3 is 2.79 bits per heavy atom. The third kappa shape index (κ3) is 2.56. The number of rotatable bonds is 2. The predicted molar refractivity (Wildman–Crippen MR) is 53.0 cm³/mol. The van der Waals surface area contributed by atoms with Crippen molar-refractivity contribution in [3.8, 4) is 6.07 Å². The number of nitrogens with zero attached hydrogens (tertiary/aromatic N) is 3. The van der Waals surface area contributed by atoms with Crippen LogP contribution in [-0.2, 0) is 0 Å². The zero-order valence-corrected chi connectivity index (χ0v) is 8.03. The molecule has 0 N–H and O–H groups in total. The van der Waals surface area contributed by atoms with Gasteiger partial charge in [0.15, 0.2) is 0 Å². The van der Waals surface area contributed by atoms with Gasteiger partial charge in [0.25, 0.3) is 0 Å². The normalized spacial score (nSPS) is 10.1. The summed E-state index contributed by atoms with van der Waals surface area (Å²) in [5, 5.41) is 8.70. The molecule has 0 radical (unpaired) electrons. The van der Waals surface area contributed by atoms with Crippen LogP contribution in [0.1, 0.15) is 5.56 Å². The molecule has 0 bridgehead atoms. The van der Waals surface area contributed by atoms with E-state index < -0.39 is 5.82 Å². The second-order valence-electron chi connectivity index (χ2n) is 2.98. The summed E-state index contributed by atoms with van der Waals surface area (Å²) >= 11 is 0. The zero-order valence-electron chi connectivity index (χ0n) is 8.03. The fourth-order valence-corrected chi connectivity index (χ4v) is 0.888. The molecule has 0 saturated heterocycles. The van der Waals surface area contributed by atoms with E-state index in [0.29, 0.717) is 5.69 Å². The number of benzene rings is 1. The summed E-state index contributed by atoms with van der Waals surface area (Å²) in [4.78, 5) is 5.77. The van der Waals surface area contributed by atoms with Crippen LogP contribution < -0.4 is 0 Å². The summed E-state index contributed by atoms with van der Waals surface area (Å²) in [6.07, 6.45) is 1.56. The maximum Gasteiger partial charge on any atom is 0.124 e. The van der Waals surface area contributed by atoms with E-state index in [4.69, 9.17) is 5.26 Å². The van der Waals surface area contributed by atoms with Gasteiger partial charge in [0.05, 0.1) is 17.6 Å². The molecule has 0 atom stereocenters. The quantitative estimate of drug-likeness (QED) is 0.529. The van der Waals surface area contributed by atoms with Crippen LogP contribution in [0, 0.1) is 17.1 Å². The van der Waals surface area contributed by atoms with E-state index in [9.17, 15) is 4.39 Å². The summed E-state index contributed by atoms with van der Waals surface area (Å²) in [7, 11) is 3.64. The Morgan fingerprint density at radius 2 is 2.21 bits per heavy atom.